The summed E-state index contributed by atoms with van der Waals surface area (Å²) >= 11 is 0. The normalized spacial score (nSPS) is 12.1. The van der Waals surface area contributed by atoms with Crippen LogP contribution >= 0.6 is 0 Å². The zero-order chi connectivity index (χ0) is 27.6. The lowest BCUT2D eigenvalue weighted by Gasteiger charge is -2.25. The number of para-hydroxylation sites is 2. The van der Waals surface area contributed by atoms with Crippen LogP contribution in [0.3, 0.4) is 0 Å². The molecule has 0 radical (unpaired) electrons. The number of benzene rings is 5. The van der Waals surface area contributed by atoms with Gasteiger partial charge < -0.3 is 4.42 Å². The van der Waals surface area contributed by atoms with Crippen LogP contribution in [0.5, 0.6) is 0 Å². The highest BCUT2D eigenvalue weighted by Gasteiger charge is 2.24. The van der Waals surface area contributed by atoms with Gasteiger partial charge in [0.25, 0.3) is 0 Å². The first-order valence-electron chi connectivity index (χ1n) is 13.9. The number of hydrogen-bond acceptors (Lipinski definition) is 2. The maximum atomic E-state index is 6.24. The van der Waals surface area contributed by atoms with Gasteiger partial charge in [0, 0.05) is 16.3 Å². The molecule has 5 aromatic carbocycles. The summed E-state index contributed by atoms with van der Waals surface area (Å²) in [4.78, 5) is 5.20. The van der Waals surface area contributed by atoms with E-state index in [2.05, 4.69) is 142 Å². The fraction of sp³-hybridized carbons (Fsp3) is 0.162. The molecule has 0 aliphatic rings. The Morgan fingerprint density at radius 1 is 0.625 bits per heavy atom. The van der Waals surface area contributed by atoms with Crippen molar-refractivity contribution < 1.29 is 4.42 Å². The molecule has 0 amide bonds. The molecule has 0 bridgehead atoms. The molecule has 0 saturated carbocycles. The molecule has 7 aromatic rings. The summed E-state index contributed by atoms with van der Waals surface area (Å²) in [6, 6.07) is 36.7. The second-order valence-corrected chi connectivity index (χ2v) is 11.9. The Balaban J connectivity index is 1.50. The molecule has 0 aliphatic heterocycles. The van der Waals surface area contributed by atoms with Crippen LogP contribution in [0.25, 0.3) is 61.2 Å². The maximum absolute atomic E-state index is 6.24. The molecule has 0 atom stereocenters. The Bertz CT molecular complexity index is 2050. The summed E-state index contributed by atoms with van der Waals surface area (Å²) in [5.41, 5.74) is 12.3. The third-order valence-corrected chi connectivity index (χ3v) is 8.06. The van der Waals surface area contributed by atoms with Crippen molar-refractivity contribution in [3.8, 4) is 28.2 Å². The van der Waals surface area contributed by atoms with E-state index < -0.39 is 0 Å². The van der Waals surface area contributed by atoms with Gasteiger partial charge in [-0.25, -0.2) is 4.98 Å². The van der Waals surface area contributed by atoms with Gasteiger partial charge in [0.1, 0.15) is 17.0 Å². The second kappa shape index (κ2) is 8.96. The Morgan fingerprint density at radius 2 is 1.32 bits per heavy atom. The minimum Gasteiger partial charge on any atom is -0.456 e. The summed E-state index contributed by atoms with van der Waals surface area (Å²) in [7, 11) is 0. The van der Waals surface area contributed by atoms with Crippen molar-refractivity contribution >= 4 is 33.0 Å². The van der Waals surface area contributed by atoms with Crippen molar-refractivity contribution in [1.82, 2.24) is 9.55 Å². The van der Waals surface area contributed by atoms with Gasteiger partial charge in [-0.05, 0) is 102 Å². The van der Waals surface area contributed by atoms with Gasteiger partial charge in [-0.15, -0.1) is 0 Å². The van der Waals surface area contributed by atoms with E-state index in [4.69, 9.17) is 9.40 Å². The molecule has 0 N–H and O–H groups in total. The van der Waals surface area contributed by atoms with Crippen LogP contribution in [0.15, 0.2) is 108 Å². The molecule has 40 heavy (non-hydrogen) atoms. The monoisotopic (exact) mass is 520 g/mol. The topological polar surface area (TPSA) is 31.0 Å². The van der Waals surface area contributed by atoms with Crippen LogP contribution in [0, 0.1) is 13.8 Å². The molecule has 0 saturated heterocycles. The van der Waals surface area contributed by atoms with Crippen LogP contribution in [-0.4, -0.2) is 9.55 Å². The largest absolute Gasteiger partial charge is 0.456 e. The molecule has 3 heteroatoms. The number of rotatable bonds is 3. The summed E-state index contributed by atoms with van der Waals surface area (Å²) in [6.07, 6.45) is 0. The van der Waals surface area contributed by atoms with Gasteiger partial charge in [-0.3, -0.25) is 4.57 Å². The average molecular weight is 521 g/mol. The standard InChI is InChI=1S/C37H32N2O/c1-23-19-28-29-21-27(16-18-34(29)40-35(28)20-24(23)2)36-38-31-13-9-10-14-33(31)39(36)32-17-15-26(22-30(32)37(3,4)5)25-11-7-6-8-12-25/h6-22H,1-5H3. The van der Waals surface area contributed by atoms with E-state index in [0.717, 1.165) is 50.0 Å². The first kappa shape index (κ1) is 24.4. The minimum atomic E-state index is -0.0805. The van der Waals surface area contributed by atoms with Crippen LogP contribution in [0.4, 0.5) is 0 Å². The number of furan rings is 1. The van der Waals surface area contributed by atoms with Crippen molar-refractivity contribution in [1.29, 1.82) is 0 Å². The third-order valence-electron chi connectivity index (χ3n) is 8.06. The number of hydrogen-bond donors (Lipinski definition) is 0. The quantitative estimate of drug-likeness (QED) is 0.232. The van der Waals surface area contributed by atoms with E-state index in [9.17, 15) is 0 Å². The number of aromatic nitrogens is 2. The number of nitrogens with zero attached hydrogens (tertiary/aromatic N) is 2. The predicted molar refractivity (Wildman–Crippen MR) is 167 cm³/mol. The molecule has 0 unspecified atom stereocenters. The molecular weight excluding hydrogens is 488 g/mol. The molecule has 7 rings (SSSR count). The van der Waals surface area contributed by atoms with Crippen LogP contribution < -0.4 is 0 Å². The first-order valence-corrected chi connectivity index (χ1v) is 13.9. The predicted octanol–water partition coefficient (Wildman–Crippen LogP) is 10.2. The maximum Gasteiger partial charge on any atom is 0.145 e. The lowest BCUT2D eigenvalue weighted by atomic mass is 9.84. The summed E-state index contributed by atoms with van der Waals surface area (Å²) < 4.78 is 8.58. The SMILES string of the molecule is Cc1cc2oc3ccc(-c4nc5ccccc5n4-c4ccc(-c5ccccc5)cc4C(C)(C)C)cc3c2cc1C. The van der Waals surface area contributed by atoms with Gasteiger partial charge >= 0.3 is 0 Å². The fourth-order valence-electron chi connectivity index (χ4n) is 5.78. The molecule has 2 aromatic heterocycles. The van der Waals surface area contributed by atoms with Crippen molar-refractivity contribution in [2.45, 2.75) is 40.0 Å². The van der Waals surface area contributed by atoms with Crippen LogP contribution in [0.2, 0.25) is 0 Å². The Hall–Kier alpha value is -4.63. The van der Waals surface area contributed by atoms with E-state index in [0.29, 0.717) is 0 Å². The molecule has 0 aliphatic carbocycles. The van der Waals surface area contributed by atoms with E-state index in [1.807, 2.05) is 0 Å². The Kier molecular flexibility index (Phi) is 5.47. The van der Waals surface area contributed by atoms with Crippen molar-refractivity contribution in [2.75, 3.05) is 0 Å². The lowest BCUT2D eigenvalue weighted by molar-refractivity contribution is 0.587. The van der Waals surface area contributed by atoms with Gasteiger partial charge in [0.15, 0.2) is 0 Å². The Labute approximate surface area is 234 Å². The molecule has 196 valence electrons. The first-order chi connectivity index (χ1) is 19.3. The number of imidazole rings is 1. The van der Waals surface area contributed by atoms with Crippen molar-refractivity contribution in [2.24, 2.45) is 0 Å². The van der Waals surface area contributed by atoms with E-state index in [-0.39, 0.29) is 5.41 Å². The van der Waals surface area contributed by atoms with Gasteiger partial charge in [-0.1, -0.05) is 69.3 Å². The van der Waals surface area contributed by atoms with Crippen molar-refractivity contribution in [3.05, 3.63) is 120 Å². The van der Waals surface area contributed by atoms with E-state index >= 15 is 0 Å². The number of aryl methyl sites for hydroxylation is 2. The molecular formula is C37H32N2O. The lowest BCUT2D eigenvalue weighted by Crippen LogP contribution is -2.16. The second-order valence-electron chi connectivity index (χ2n) is 11.9. The smallest absolute Gasteiger partial charge is 0.145 e. The average Bonchev–Trinajstić information content (AvgIpc) is 3.51. The van der Waals surface area contributed by atoms with Gasteiger partial charge in [-0.2, -0.15) is 0 Å². The third kappa shape index (κ3) is 3.93. The summed E-state index contributed by atoms with van der Waals surface area (Å²) in [5.74, 6) is 0.930. The zero-order valence-corrected chi connectivity index (χ0v) is 23.6. The fourth-order valence-corrected chi connectivity index (χ4v) is 5.78. The summed E-state index contributed by atoms with van der Waals surface area (Å²) in [6.45, 7) is 11.1. The molecule has 0 spiro atoms. The molecule has 2 heterocycles. The van der Waals surface area contributed by atoms with Crippen LogP contribution in [-0.2, 0) is 5.41 Å². The highest BCUT2D eigenvalue weighted by atomic mass is 16.3. The van der Waals surface area contributed by atoms with Crippen LogP contribution in [0.1, 0.15) is 37.5 Å². The van der Waals surface area contributed by atoms with E-state index in [1.165, 1.54) is 27.8 Å². The van der Waals surface area contributed by atoms with Gasteiger partial charge in [0.2, 0.25) is 0 Å². The highest BCUT2D eigenvalue weighted by molar-refractivity contribution is 6.06. The molecule has 3 nitrogen and oxygen atoms in total. The van der Waals surface area contributed by atoms with E-state index in [1.54, 1.807) is 0 Å². The van der Waals surface area contributed by atoms with Gasteiger partial charge in [0.05, 0.1) is 16.7 Å². The summed E-state index contributed by atoms with van der Waals surface area (Å²) in [5, 5.41) is 2.26. The van der Waals surface area contributed by atoms with Crippen molar-refractivity contribution in [3.63, 3.8) is 0 Å². The molecule has 0 fully saturated rings. The highest BCUT2D eigenvalue weighted by Crippen LogP contribution is 2.39. The Morgan fingerprint density at radius 3 is 2.12 bits per heavy atom. The minimum absolute atomic E-state index is 0.0805. The number of fused-ring (bicyclic) bond motifs is 4. The zero-order valence-electron chi connectivity index (χ0n) is 23.6.